The van der Waals surface area contributed by atoms with Gasteiger partial charge >= 0.3 is 0 Å². The number of nitriles is 1. The molecule has 4 nitrogen and oxygen atoms in total. The van der Waals surface area contributed by atoms with Crippen molar-refractivity contribution in [3.8, 4) is 6.07 Å². The fourth-order valence-electron chi connectivity index (χ4n) is 2.81. The van der Waals surface area contributed by atoms with Crippen LogP contribution >= 0.6 is 23.2 Å². The maximum atomic E-state index is 12.2. The Morgan fingerprint density at radius 2 is 2.09 bits per heavy atom. The number of halogens is 2. The molecule has 0 radical (unpaired) electrons. The molecule has 0 saturated heterocycles. The summed E-state index contributed by atoms with van der Waals surface area (Å²) in [5.41, 5.74) is 0.200. The molecular formula is C16H19Cl2N3O. The Bertz CT molecular complexity index is 592. The van der Waals surface area contributed by atoms with E-state index < -0.39 is 5.54 Å². The van der Waals surface area contributed by atoms with Crippen LogP contribution in [0.1, 0.15) is 31.2 Å². The fraction of sp³-hybridized carbons (Fsp3) is 0.500. The van der Waals surface area contributed by atoms with Gasteiger partial charge in [0.2, 0.25) is 5.91 Å². The molecule has 1 amide bonds. The summed E-state index contributed by atoms with van der Waals surface area (Å²) in [5, 5.41) is 13.2. The number of nitrogens with zero attached hydrogens (tertiary/aromatic N) is 2. The van der Waals surface area contributed by atoms with Crippen molar-refractivity contribution in [2.24, 2.45) is 0 Å². The molecule has 1 N–H and O–H groups in total. The van der Waals surface area contributed by atoms with Crippen molar-refractivity contribution < 1.29 is 4.79 Å². The first-order valence-electron chi connectivity index (χ1n) is 7.29. The molecule has 1 aromatic carbocycles. The van der Waals surface area contributed by atoms with E-state index in [1.807, 2.05) is 24.1 Å². The molecule has 1 aliphatic rings. The lowest BCUT2D eigenvalue weighted by Crippen LogP contribution is -2.48. The van der Waals surface area contributed by atoms with E-state index in [2.05, 4.69) is 11.4 Å². The first kappa shape index (κ1) is 17.1. The van der Waals surface area contributed by atoms with Gasteiger partial charge in [-0.2, -0.15) is 5.26 Å². The first-order valence-corrected chi connectivity index (χ1v) is 8.05. The van der Waals surface area contributed by atoms with Crippen LogP contribution in [0.5, 0.6) is 0 Å². The Morgan fingerprint density at radius 3 is 2.73 bits per heavy atom. The highest BCUT2D eigenvalue weighted by Gasteiger charge is 2.35. The van der Waals surface area contributed by atoms with Crippen LogP contribution in [0.15, 0.2) is 18.2 Å². The van der Waals surface area contributed by atoms with Crippen molar-refractivity contribution >= 4 is 29.1 Å². The van der Waals surface area contributed by atoms with Gasteiger partial charge < -0.3 is 5.32 Å². The molecule has 1 aromatic rings. The molecule has 0 atom stereocenters. The minimum absolute atomic E-state index is 0.135. The summed E-state index contributed by atoms with van der Waals surface area (Å²) in [6.07, 6.45) is 3.45. The standard InChI is InChI=1S/C16H19Cl2N3O/c1-21(9-12-5-4-6-13(17)15(12)18)10-14(22)20-16(11-19)7-2-3-8-16/h4-6H,2-3,7-10H2,1H3,(H,20,22). The molecule has 0 bridgehead atoms. The third kappa shape index (κ3) is 4.13. The minimum Gasteiger partial charge on any atom is -0.337 e. The first-order chi connectivity index (χ1) is 10.5. The van der Waals surface area contributed by atoms with E-state index in [9.17, 15) is 10.1 Å². The molecule has 1 fully saturated rings. The Kier molecular flexibility index (Phi) is 5.69. The maximum absolute atomic E-state index is 12.2. The van der Waals surface area contributed by atoms with E-state index in [0.29, 0.717) is 16.6 Å². The molecule has 2 rings (SSSR count). The summed E-state index contributed by atoms with van der Waals surface area (Å²) in [4.78, 5) is 14.0. The summed E-state index contributed by atoms with van der Waals surface area (Å²) in [6, 6.07) is 7.71. The van der Waals surface area contributed by atoms with E-state index >= 15 is 0 Å². The van der Waals surface area contributed by atoms with Crippen molar-refractivity contribution in [2.45, 2.75) is 37.8 Å². The number of benzene rings is 1. The van der Waals surface area contributed by atoms with Gasteiger partial charge in [-0.3, -0.25) is 9.69 Å². The van der Waals surface area contributed by atoms with Gasteiger partial charge in [-0.1, -0.05) is 35.3 Å². The van der Waals surface area contributed by atoms with E-state index in [0.717, 1.165) is 31.2 Å². The molecule has 0 aromatic heterocycles. The number of hydrogen-bond donors (Lipinski definition) is 1. The summed E-state index contributed by atoms with van der Waals surface area (Å²) in [5.74, 6) is -0.135. The molecule has 1 aliphatic carbocycles. The highest BCUT2D eigenvalue weighted by Crippen LogP contribution is 2.29. The number of carbonyl (C=O) groups is 1. The number of amides is 1. The molecule has 22 heavy (non-hydrogen) atoms. The topological polar surface area (TPSA) is 56.1 Å². The fourth-order valence-corrected chi connectivity index (χ4v) is 3.19. The lowest BCUT2D eigenvalue weighted by Gasteiger charge is -2.24. The van der Waals surface area contributed by atoms with Crippen molar-refractivity contribution in [2.75, 3.05) is 13.6 Å². The second-order valence-electron chi connectivity index (χ2n) is 5.83. The Hall–Kier alpha value is -1.28. The second kappa shape index (κ2) is 7.32. The van der Waals surface area contributed by atoms with Crippen LogP contribution in [0.25, 0.3) is 0 Å². The average Bonchev–Trinajstić information content (AvgIpc) is 2.92. The number of hydrogen-bond acceptors (Lipinski definition) is 3. The molecule has 6 heteroatoms. The van der Waals surface area contributed by atoms with Crippen LogP contribution in [-0.2, 0) is 11.3 Å². The zero-order chi connectivity index (χ0) is 16.2. The van der Waals surface area contributed by atoms with Crippen molar-refractivity contribution in [1.29, 1.82) is 5.26 Å². The van der Waals surface area contributed by atoms with Crippen molar-refractivity contribution in [1.82, 2.24) is 10.2 Å². The number of likely N-dealkylation sites (N-methyl/N-ethyl adjacent to an activating group) is 1. The van der Waals surface area contributed by atoms with Gasteiger partial charge in [0.05, 0.1) is 22.7 Å². The van der Waals surface area contributed by atoms with Gasteiger partial charge in [-0.25, -0.2) is 0 Å². The summed E-state index contributed by atoms with van der Waals surface area (Å²) in [6.45, 7) is 0.735. The number of nitrogens with one attached hydrogen (secondary N) is 1. The molecular weight excluding hydrogens is 321 g/mol. The van der Waals surface area contributed by atoms with E-state index in [4.69, 9.17) is 23.2 Å². The van der Waals surface area contributed by atoms with Crippen LogP contribution < -0.4 is 5.32 Å². The quantitative estimate of drug-likeness (QED) is 0.894. The van der Waals surface area contributed by atoms with Gasteiger partial charge in [0.15, 0.2) is 0 Å². The van der Waals surface area contributed by atoms with Crippen LogP contribution in [0.2, 0.25) is 10.0 Å². The van der Waals surface area contributed by atoms with Crippen molar-refractivity contribution in [3.63, 3.8) is 0 Å². The summed E-state index contributed by atoms with van der Waals surface area (Å²) >= 11 is 12.1. The number of rotatable bonds is 5. The zero-order valence-electron chi connectivity index (χ0n) is 12.5. The van der Waals surface area contributed by atoms with Gasteiger partial charge in [-0.15, -0.1) is 0 Å². The molecule has 1 saturated carbocycles. The lowest BCUT2D eigenvalue weighted by molar-refractivity contribution is -0.123. The molecule has 0 unspecified atom stereocenters. The van der Waals surface area contributed by atoms with E-state index in [1.54, 1.807) is 6.07 Å². The summed E-state index contributed by atoms with van der Waals surface area (Å²) in [7, 11) is 1.84. The highest BCUT2D eigenvalue weighted by molar-refractivity contribution is 6.42. The largest absolute Gasteiger partial charge is 0.337 e. The minimum atomic E-state index is -0.675. The van der Waals surface area contributed by atoms with Gasteiger partial charge in [0, 0.05) is 6.54 Å². The lowest BCUT2D eigenvalue weighted by atomic mass is 10.00. The van der Waals surface area contributed by atoms with E-state index in [-0.39, 0.29) is 12.5 Å². The van der Waals surface area contributed by atoms with Crippen LogP contribution in [-0.4, -0.2) is 29.9 Å². The molecule has 0 heterocycles. The van der Waals surface area contributed by atoms with Crippen LogP contribution in [0.3, 0.4) is 0 Å². The maximum Gasteiger partial charge on any atom is 0.235 e. The third-order valence-electron chi connectivity index (χ3n) is 3.94. The Morgan fingerprint density at radius 1 is 1.41 bits per heavy atom. The zero-order valence-corrected chi connectivity index (χ0v) is 14.0. The SMILES string of the molecule is CN(CC(=O)NC1(C#N)CCCC1)Cc1cccc(Cl)c1Cl. The Labute approximate surface area is 141 Å². The predicted molar refractivity (Wildman–Crippen MR) is 87.8 cm³/mol. The second-order valence-corrected chi connectivity index (χ2v) is 6.62. The average molecular weight is 340 g/mol. The van der Waals surface area contributed by atoms with Gasteiger partial charge in [0.25, 0.3) is 0 Å². The van der Waals surface area contributed by atoms with Crippen molar-refractivity contribution in [3.05, 3.63) is 33.8 Å². The van der Waals surface area contributed by atoms with Gasteiger partial charge in [0.1, 0.15) is 5.54 Å². The van der Waals surface area contributed by atoms with Crippen LogP contribution in [0.4, 0.5) is 0 Å². The third-order valence-corrected chi connectivity index (χ3v) is 4.79. The molecule has 0 spiro atoms. The molecule has 118 valence electrons. The molecule has 0 aliphatic heterocycles. The monoisotopic (exact) mass is 339 g/mol. The number of carbonyl (C=O) groups excluding carboxylic acids is 1. The highest BCUT2D eigenvalue weighted by atomic mass is 35.5. The Balaban J connectivity index is 1.91. The predicted octanol–water partition coefficient (Wildman–Crippen LogP) is 3.38. The normalized spacial score (nSPS) is 16.5. The van der Waals surface area contributed by atoms with Crippen LogP contribution in [0, 0.1) is 11.3 Å². The van der Waals surface area contributed by atoms with Gasteiger partial charge in [-0.05, 0) is 44.4 Å². The summed E-state index contributed by atoms with van der Waals surface area (Å²) < 4.78 is 0. The van der Waals surface area contributed by atoms with E-state index in [1.165, 1.54) is 0 Å². The smallest absolute Gasteiger partial charge is 0.235 e.